The third-order valence-electron chi connectivity index (χ3n) is 2.85. The summed E-state index contributed by atoms with van der Waals surface area (Å²) in [6.07, 6.45) is 2.50. The van der Waals surface area contributed by atoms with E-state index in [1.165, 1.54) is 22.7 Å². The second kappa shape index (κ2) is 5.61. The average Bonchev–Trinajstić information content (AvgIpc) is 2.96. The monoisotopic (exact) mass is 314 g/mol. The Morgan fingerprint density at radius 2 is 2.16 bits per heavy atom. The molecule has 1 amide bonds. The number of thiazole rings is 1. The molecule has 0 aliphatic heterocycles. The van der Waals surface area contributed by atoms with E-state index in [1.54, 1.807) is 6.20 Å². The Kier molecular flexibility index (Phi) is 4.28. The number of amides is 1. The van der Waals surface area contributed by atoms with Crippen LogP contribution in [0, 0.1) is 0 Å². The van der Waals surface area contributed by atoms with Gasteiger partial charge in [0.1, 0.15) is 9.88 Å². The van der Waals surface area contributed by atoms with Gasteiger partial charge in [0.2, 0.25) is 0 Å². The number of hydrogen-bond acceptors (Lipinski definition) is 4. The molecule has 0 atom stereocenters. The van der Waals surface area contributed by atoms with Gasteiger partial charge in [-0.05, 0) is 32.4 Å². The van der Waals surface area contributed by atoms with Crippen molar-refractivity contribution in [3.05, 3.63) is 27.5 Å². The molecule has 3 nitrogen and oxygen atoms in total. The van der Waals surface area contributed by atoms with E-state index < -0.39 is 0 Å². The summed E-state index contributed by atoms with van der Waals surface area (Å²) < 4.78 is 0.725. The number of nitrogens with zero attached hydrogens (tertiary/aromatic N) is 1. The fourth-order valence-corrected chi connectivity index (χ4v) is 3.30. The maximum atomic E-state index is 12.1. The number of aromatic nitrogens is 1. The van der Waals surface area contributed by atoms with Crippen molar-refractivity contribution in [2.45, 2.75) is 32.7 Å². The summed E-state index contributed by atoms with van der Waals surface area (Å²) in [7, 11) is 0. The zero-order valence-electron chi connectivity index (χ0n) is 11.0. The molecule has 0 radical (unpaired) electrons. The standard InChI is InChI=1S/C13H15ClN2OS2/c1-4-13(2,3)16-11(17)9-7-15-12(19-9)8-5-6-10(14)18-8/h5-7H,4H2,1-3H3,(H,16,17). The number of thiophene rings is 1. The van der Waals surface area contributed by atoms with Gasteiger partial charge in [0.05, 0.1) is 15.4 Å². The Balaban J connectivity index is 2.15. The molecule has 2 heterocycles. The minimum atomic E-state index is -0.201. The van der Waals surface area contributed by atoms with Crippen molar-refractivity contribution in [2.24, 2.45) is 0 Å². The number of nitrogens with one attached hydrogen (secondary N) is 1. The highest BCUT2D eigenvalue weighted by atomic mass is 35.5. The molecular formula is C13H15ClN2OS2. The molecule has 1 N–H and O–H groups in total. The predicted octanol–water partition coefficient (Wildman–Crippen LogP) is 4.44. The van der Waals surface area contributed by atoms with Crippen LogP contribution in [-0.2, 0) is 0 Å². The first-order valence-corrected chi connectivity index (χ1v) is 7.96. The molecule has 0 unspecified atom stereocenters. The zero-order chi connectivity index (χ0) is 14.0. The van der Waals surface area contributed by atoms with Crippen LogP contribution in [0.5, 0.6) is 0 Å². The highest BCUT2D eigenvalue weighted by Gasteiger charge is 2.20. The molecule has 2 aromatic heterocycles. The fraction of sp³-hybridized carbons (Fsp3) is 0.385. The molecule has 2 aromatic rings. The summed E-state index contributed by atoms with van der Waals surface area (Å²) in [5.74, 6) is -0.0711. The van der Waals surface area contributed by atoms with Crippen LogP contribution in [-0.4, -0.2) is 16.4 Å². The smallest absolute Gasteiger partial charge is 0.263 e. The Morgan fingerprint density at radius 1 is 1.42 bits per heavy atom. The summed E-state index contributed by atoms with van der Waals surface area (Å²) >= 11 is 8.75. The van der Waals surface area contributed by atoms with Crippen LogP contribution >= 0.6 is 34.3 Å². The van der Waals surface area contributed by atoms with Gasteiger partial charge < -0.3 is 5.32 Å². The molecule has 0 aliphatic rings. The Hall–Kier alpha value is -0.910. The molecule has 2 rings (SSSR count). The maximum absolute atomic E-state index is 12.1. The molecule has 19 heavy (non-hydrogen) atoms. The van der Waals surface area contributed by atoms with Crippen LogP contribution in [0.2, 0.25) is 4.34 Å². The second-order valence-electron chi connectivity index (χ2n) is 4.82. The van der Waals surface area contributed by atoms with Gasteiger partial charge in [0, 0.05) is 5.54 Å². The lowest BCUT2D eigenvalue weighted by atomic mass is 10.0. The molecule has 0 bridgehead atoms. The highest BCUT2D eigenvalue weighted by molar-refractivity contribution is 7.24. The number of hydrogen-bond donors (Lipinski definition) is 1. The van der Waals surface area contributed by atoms with E-state index in [4.69, 9.17) is 11.6 Å². The van der Waals surface area contributed by atoms with Crippen molar-refractivity contribution < 1.29 is 4.79 Å². The van der Waals surface area contributed by atoms with Crippen molar-refractivity contribution in [1.29, 1.82) is 0 Å². The molecular weight excluding hydrogens is 300 g/mol. The van der Waals surface area contributed by atoms with Crippen LogP contribution in [0.3, 0.4) is 0 Å². The van der Waals surface area contributed by atoms with Gasteiger partial charge in [-0.1, -0.05) is 18.5 Å². The SMILES string of the molecule is CCC(C)(C)NC(=O)c1cnc(-c2ccc(Cl)s2)s1. The predicted molar refractivity (Wildman–Crippen MR) is 82.3 cm³/mol. The minimum absolute atomic E-state index is 0.0711. The Morgan fingerprint density at radius 3 is 2.74 bits per heavy atom. The number of rotatable bonds is 4. The number of halogens is 1. The summed E-state index contributed by atoms with van der Waals surface area (Å²) in [5, 5.41) is 3.83. The topological polar surface area (TPSA) is 42.0 Å². The van der Waals surface area contributed by atoms with E-state index in [0.29, 0.717) is 4.88 Å². The first kappa shape index (κ1) is 14.5. The van der Waals surface area contributed by atoms with Crippen LogP contribution < -0.4 is 5.32 Å². The minimum Gasteiger partial charge on any atom is -0.346 e. The van der Waals surface area contributed by atoms with E-state index in [1.807, 2.05) is 32.9 Å². The lowest BCUT2D eigenvalue weighted by Gasteiger charge is -2.23. The summed E-state index contributed by atoms with van der Waals surface area (Å²) in [6, 6.07) is 3.76. The normalized spacial score (nSPS) is 11.6. The van der Waals surface area contributed by atoms with Crippen LogP contribution in [0.25, 0.3) is 9.88 Å². The molecule has 0 fully saturated rings. The van der Waals surface area contributed by atoms with E-state index in [0.717, 1.165) is 20.6 Å². The molecule has 0 spiro atoms. The Bertz CT molecular complexity index is 589. The lowest BCUT2D eigenvalue weighted by Crippen LogP contribution is -2.42. The van der Waals surface area contributed by atoms with Gasteiger partial charge in [0.25, 0.3) is 5.91 Å². The zero-order valence-corrected chi connectivity index (χ0v) is 13.4. The summed E-state index contributed by atoms with van der Waals surface area (Å²) in [6.45, 7) is 6.06. The molecule has 0 aliphatic carbocycles. The van der Waals surface area contributed by atoms with Gasteiger partial charge in [-0.3, -0.25) is 4.79 Å². The first-order valence-electron chi connectivity index (χ1n) is 5.95. The third kappa shape index (κ3) is 3.55. The maximum Gasteiger partial charge on any atom is 0.263 e. The van der Waals surface area contributed by atoms with E-state index >= 15 is 0 Å². The highest BCUT2D eigenvalue weighted by Crippen LogP contribution is 2.33. The van der Waals surface area contributed by atoms with Crippen LogP contribution in [0.15, 0.2) is 18.3 Å². The van der Waals surface area contributed by atoms with E-state index in [-0.39, 0.29) is 11.4 Å². The van der Waals surface area contributed by atoms with Crippen molar-refractivity contribution in [3.63, 3.8) is 0 Å². The van der Waals surface area contributed by atoms with E-state index in [2.05, 4.69) is 10.3 Å². The third-order valence-corrected chi connectivity index (χ3v) is 5.25. The molecule has 102 valence electrons. The van der Waals surface area contributed by atoms with Crippen LogP contribution in [0.1, 0.15) is 36.9 Å². The lowest BCUT2D eigenvalue weighted by molar-refractivity contribution is 0.0915. The fourth-order valence-electron chi connectivity index (χ4n) is 1.38. The van der Waals surface area contributed by atoms with Crippen molar-refractivity contribution >= 4 is 40.2 Å². The largest absolute Gasteiger partial charge is 0.346 e. The van der Waals surface area contributed by atoms with Gasteiger partial charge in [0.15, 0.2) is 0 Å². The van der Waals surface area contributed by atoms with Gasteiger partial charge in [-0.15, -0.1) is 22.7 Å². The van der Waals surface area contributed by atoms with Gasteiger partial charge in [-0.25, -0.2) is 4.98 Å². The number of carbonyl (C=O) groups excluding carboxylic acids is 1. The molecule has 0 saturated heterocycles. The van der Waals surface area contributed by atoms with Crippen molar-refractivity contribution in [3.8, 4) is 9.88 Å². The number of carbonyl (C=O) groups is 1. The van der Waals surface area contributed by atoms with Gasteiger partial charge in [-0.2, -0.15) is 0 Å². The molecule has 0 saturated carbocycles. The summed E-state index contributed by atoms with van der Waals surface area (Å²) in [5.41, 5.74) is -0.201. The van der Waals surface area contributed by atoms with Crippen molar-refractivity contribution in [1.82, 2.24) is 10.3 Å². The molecule has 0 aromatic carbocycles. The average molecular weight is 315 g/mol. The second-order valence-corrected chi connectivity index (χ2v) is 7.57. The Labute approximate surface area is 125 Å². The van der Waals surface area contributed by atoms with E-state index in [9.17, 15) is 4.79 Å². The van der Waals surface area contributed by atoms with Crippen LogP contribution in [0.4, 0.5) is 0 Å². The summed E-state index contributed by atoms with van der Waals surface area (Å²) in [4.78, 5) is 18.0. The van der Waals surface area contributed by atoms with Crippen molar-refractivity contribution in [2.75, 3.05) is 0 Å². The van der Waals surface area contributed by atoms with Gasteiger partial charge >= 0.3 is 0 Å². The molecule has 6 heteroatoms. The first-order chi connectivity index (χ1) is 8.91. The quantitative estimate of drug-likeness (QED) is 0.906.